The van der Waals surface area contributed by atoms with Gasteiger partial charge in [-0.25, -0.2) is 0 Å². The smallest absolute Gasteiger partial charge is 0.225 e. The zero-order chi connectivity index (χ0) is 13.3. The Morgan fingerprint density at radius 3 is 2.67 bits per heavy atom. The van der Waals surface area contributed by atoms with Gasteiger partial charge in [-0.15, -0.1) is 0 Å². The molecule has 0 spiro atoms. The molecule has 1 amide bonds. The molecule has 1 aliphatic heterocycles. The third-order valence-electron chi connectivity index (χ3n) is 3.43. The molecule has 1 aromatic rings. The lowest BCUT2D eigenvalue weighted by Gasteiger charge is -2.22. The second-order valence-electron chi connectivity index (χ2n) is 4.86. The summed E-state index contributed by atoms with van der Waals surface area (Å²) < 4.78 is 0. The fourth-order valence-corrected chi connectivity index (χ4v) is 2.22. The van der Waals surface area contributed by atoms with E-state index < -0.39 is 5.41 Å². The SMILES string of the molecule is CC1(C(N)=O)CCN(c2ccc(C(N)=S)nc2)C1. The Hall–Kier alpha value is -1.69. The van der Waals surface area contributed by atoms with Crippen LogP contribution in [0.3, 0.4) is 0 Å². The quantitative estimate of drug-likeness (QED) is 0.773. The van der Waals surface area contributed by atoms with Gasteiger partial charge in [0.25, 0.3) is 0 Å². The summed E-state index contributed by atoms with van der Waals surface area (Å²) in [6, 6.07) is 3.70. The summed E-state index contributed by atoms with van der Waals surface area (Å²) in [5.74, 6) is -0.252. The van der Waals surface area contributed by atoms with Gasteiger partial charge < -0.3 is 16.4 Å². The molecule has 1 aromatic heterocycles. The minimum Gasteiger partial charge on any atom is -0.388 e. The molecule has 5 nitrogen and oxygen atoms in total. The van der Waals surface area contributed by atoms with E-state index in [1.54, 1.807) is 12.3 Å². The van der Waals surface area contributed by atoms with Crippen LogP contribution in [-0.2, 0) is 4.79 Å². The van der Waals surface area contributed by atoms with Crippen LogP contribution in [0.25, 0.3) is 0 Å². The van der Waals surface area contributed by atoms with Crippen LogP contribution in [0.5, 0.6) is 0 Å². The number of carbonyl (C=O) groups excluding carboxylic acids is 1. The van der Waals surface area contributed by atoms with E-state index in [4.69, 9.17) is 23.7 Å². The number of anilines is 1. The Kier molecular flexibility index (Phi) is 3.21. The number of rotatable bonds is 3. The van der Waals surface area contributed by atoms with E-state index in [9.17, 15) is 4.79 Å². The first-order valence-corrected chi connectivity index (χ1v) is 6.14. The average Bonchev–Trinajstić information content (AvgIpc) is 2.73. The number of thiocarbonyl (C=S) groups is 1. The van der Waals surface area contributed by atoms with Crippen LogP contribution in [0.1, 0.15) is 19.0 Å². The molecule has 2 rings (SSSR count). The van der Waals surface area contributed by atoms with E-state index in [2.05, 4.69) is 9.88 Å². The number of nitrogens with two attached hydrogens (primary N) is 2. The van der Waals surface area contributed by atoms with E-state index in [1.165, 1.54) is 0 Å². The Balaban J connectivity index is 2.15. The first-order valence-electron chi connectivity index (χ1n) is 5.73. The second kappa shape index (κ2) is 4.53. The number of hydrogen-bond acceptors (Lipinski definition) is 4. The molecule has 18 heavy (non-hydrogen) atoms. The van der Waals surface area contributed by atoms with Crippen molar-refractivity contribution in [3.63, 3.8) is 0 Å². The molecule has 1 aliphatic rings. The lowest BCUT2D eigenvalue weighted by molar-refractivity contribution is -0.125. The molecule has 4 N–H and O–H groups in total. The number of pyridine rings is 1. The Morgan fingerprint density at radius 2 is 2.22 bits per heavy atom. The van der Waals surface area contributed by atoms with Crippen molar-refractivity contribution in [2.24, 2.45) is 16.9 Å². The van der Waals surface area contributed by atoms with Gasteiger partial charge in [0.15, 0.2) is 0 Å². The molecule has 2 heterocycles. The molecule has 1 fully saturated rings. The summed E-state index contributed by atoms with van der Waals surface area (Å²) in [6.45, 7) is 3.32. The lowest BCUT2D eigenvalue weighted by atomic mass is 9.89. The highest BCUT2D eigenvalue weighted by molar-refractivity contribution is 7.80. The highest BCUT2D eigenvalue weighted by atomic mass is 32.1. The van der Waals surface area contributed by atoms with Crippen LogP contribution in [0.15, 0.2) is 18.3 Å². The molecular weight excluding hydrogens is 248 g/mol. The van der Waals surface area contributed by atoms with Gasteiger partial charge in [-0.05, 0) is 25.5 Å². The summed E-state index contributed by atoms with van der Waals surface area (Å²) in [5.41, 5.74) is 12.0. The second-order valence-corrected chi connectivity index (χ2v) is 5.30. The average molecular weight is 264 g/mol. The highest BCUT2D eigenvalue weighted by Crippen LogP contribution is 2.32. The largest absolute Gasteiger partial charge is 0.388 e. The molecule has 96 valence electrons. The van der Waals surface area contributed by atoms with Gasteiger partial charge in [0.2, 0.25) is 5.91 Å². The zero-order valence-electron chi connectivity index (χ0n) is 10.2. The maximum atomic E-state index is 11.4. The van der Waals surface area contributed by atoms with Crippen molar-refractivity contribution < 1.29 is 4.79 Å². The van der Waals surface area contributed by atoms with E-state index >= 15 is 0 Å². The minimum atomic E-state index is -0.457. The van der Waals surface area contributed by atoms with Gasteiger partial charge in [0.1, 0.15) is 4.99 Å². The summed E-state index contributed by atoms with van der Waals surface area (Å²) in [6.07, 6.45) is 2.49. The third kappa shape index (κ3) is 2.28. The predicted octanol–water partition coefficient (Wildman–Crippen LogP) is 0.417. The number of amides is 1. The topological polar surface area (TPSA) is 85.2 Å². The van der Waals surface area contributed by atoms with Crippen molar-refractivity contribution in [2.75, 3.05) is 18.0 Å². The molecule has 0 aliphatic carbocycles. The van der Waals surface area contributed by atoms with Gasteiger partial charge in [0, 0.05) is 13.1 Å². The molecule has 0 radical (unpaired) electrons. The standard InChI is InChI=1S/C12H16N4OS/c1-12(11(14)17)4-5-16(7-12)8-2-3-9(10(13)18)15-6-8/h2-3,6H,4-5,7H2,1H3,(H2,13,18)(H2,14,17). The van der Waals surface area contributed by atoms with Gasteiger partial charge >= 0.3 is 0 Å². The molecule has 1 atom stereocenters. The van der Waals surface area contributed by atoms with Gasteiger partial charge in [-0.1, -0.05) is 12.2 Å². The van der Waals surface area contributed by atoms with Gasteiger partial charge in [0.05, 0.1) is 23.0 Å². The Labute approximate surface area is 111 Å². The van der Waals surface area contributed by atoms with Gasteiger partial charge in [-0.3, -0.25) is 9.78 Å². The van der Waals surface area contributed by atoms with Crippen LogP contribution in [0, 0.1) is 5.41 Å². The van der Waals surface area contributed by atoms with Crippen LogP contribution < -0.4 is 16.4 Å². The molecular formula is C12H16N4OS. The summed E-state index contributed by atoms with van der Waals surface area (Å²) in [7, 11) is 0. The van der Waals surface area contributed by atoms with Crippen molar-refractivity contribution in [3.8, 4) is 0 Å². The number of primary amides is 1. The fraction of sp³-hybridized carbons (Fsp3) is 0.417. The van der Waals surface area contributed by atoms with Crippen molar-refractivity contribution in [2.45, 2.75) is 13.3 Å². The van der Waals surface area contributed by atoms with Crippen LogP contribution in [0.2, 0.25) is 0 Å². The maximum Gasteiger partial charge on any atom is 0.225 e. The Bertz CT molecular complexity index is 487. The molecule has 1 saturated heterocycles. The molecule has 1 unspecified atom stereocenters. The van der Waals surface area contributed by atoms with Crippen molar-refractivity contribution in [1.29, 1.82) is 0 Å². The summed E-state index contributed by atoms with van der Waals surface area (Å²) in [4.78, 5) is 18.0. The minimum absolute atomic E-state index is 0.252. The molecule has 6 heteroatoms. The van der Waals surface area contributed by atoms with Crippen LogP contribution in [0.4, 0.5) is 5.69 Å². The van der Waals surface area contributed by atoms with Gasteiger partial charge in [-0.2, -0.15) is 0 Å². The first kappa shape index (κ1) is 12.8. The normalized spacial score (nSPS) is 23.1. The highest BCUT2D eigenvalue weighted by Gasteiger charge is 2.38. The molecule has 0 aromatic carbocycles. The summed E-state index contributed by atoms with van der Waals surface area (Å²) in [5, 5.41) is 0. The van der Waals surface area contributed by atoms with Crippen molar-refractivity contribution in [3.05, 3.63) is 24.0 Å². The maximum absolute atomic E-state index is 11.4. The molecule has 0 saturated carbocycles. The first-order chi connectivity index (χ1) is 8.42. The van der Waals surface area contributed by atoms with E-state index in [-0.39, 0.29) is 10.9 Å². The zero-order valence-corrected chi connectivity index (χ0v) is 11.0. The van der Waals surface area contributed by atoms with E-state index in [0.29, 0.717) is 12.2 Å². The van der Waals surface area contributed by atoms with Crippen LogP contribution >= 0.6 is 12.2 Å². The predicted molar refractivity (Wildman–Crippen MR) is 74.3 cm³/mol. The number of carbonyl (C=O) groups is 1. The number of hydrogen-bond donors (Lipinski definition) is 2. The molecule has 0 bridgehead atoms. The van der Waals surface area contributed by atoms with Crippen LogP contribution in [-0.4, -0.2) is 29.0 Å². The fourth-order valence-electron chi connectivity index (χ4n) is 2.10. The van der Waals surface area contributed by atoms with Crippen molar-refractivity contribution in [1.82, 2.24) is 4.98 Å². The monoisotopic (exact) mass is 264 g/mol. The third-order valence-corrected chi connectivity index (χ3v) is 3.64. The number of nitrogens with zero attached hydrogens (tertiary/aromatic N) is 2. The number of aromatic nitrogens is 1. The summed E-state index contributed by atoms with van der Waals surface area (Å²) >= 11 is 4.85. The van der Waals surface area contributed by atoms with E-state index in [0.717, 1.165) is 18.7 Å². The van der Waals surface area contributed by atoms with Crippen molar-refractivity contribution >= 4 is 28.8 Å². The lowest BCUT2D eigenvalue weighted by Crippen LogP contribution is -2.37. The Morgan fingerprint density at radius 1 is 1.50 bits per heavy atom. The van der Waals surface area contributed by atoms with E-state index in [1.807, 2.05) is 13.0 Å².